The van der Waals surface area contributed by atoms with Crippen molar-refractivity contribution in [2.75, 3.05) is 0 Å². The van der Waals surface area contributed by atoms with E-state index in [0.29, 0.717) is 0 Å². The number of ether oxygens (including phenoxy) is 5. The molecule has 0 amide bonds. The van der Waals surface area contributed by atoms with Gasteiger partial charge in [-0.3, -0.25) is 0 Å². The second kappa shape index (κ2) is 17.6. The van der Waals surface area contributed by atoms with Crippen LogP contribution in [0.2, 0.25) is 0 Å². The van der Waals surface area contributed by atoms with Gasteiger partial charge in [-0.05, 0) is 27.8 Å². The van der Waals surface area contributed by atoms with E-state index >= 15 is 0 Å². The fourth-order valence-corrected chi connectivity index (χ4v) is 6.45. The molecule has 5 aromatic carbocycles. The number of thiocarbonyl (C=S) groups is 1. The van der Waals surface area contributed by atoms with E-state index in [4.69, 9.17) is 35.9 Å². The van der Waals surface area contributed by atoms with Crippen LogP contribution in [0.3, 0.4) is 0 Å². The SMILES string of the molecule is OC1(C=S)C(OCc2ccccc2)C(OCc2ccccc2)C(OCc2ccccc2)C(OCc2ccccc2)C1OCc1ccccc1. The first-order chi connectivity index (χ1) is 24.1. The maximum Gasteiger partial charge on any atom is 0.150 e. The largest absolute Gasteiger partial charge is 0.379 e. The van der Waals surface area contributed by atoms with Gasteiger partial charge >= 0.3 is 0 Å². The van der Waals surface area contributed by atoms with Crippen LogP contribution in [0.1, 0.15) is 27.8 Å². The summed E-state index contributed by atoms with van der Waals surface area (Å²) in [5.74, 6) is 0. The highest BCUT2D eigenvalue weighted by Gasteiger charge is 2.61. The molecule has 1 N–H and O–H groups in total. The van der Waals surface area contributed by atoms with Crippen LogP contribution in [-0.4, -0.2) is 46.6 Å². The highest BCUT2D eigenvalue weighted by Crippen LogP contribution is 2.40. The molecule has 49 heavy (non-hydrogen) atoms. The molecular weight excluding hydrogens is 633 g/mol. The lowest BCUT2D eigenvalue weighted by Crippen LogP contribution is -2.73. The molecule has 0 aliphatic heterocycles. The highest BCUT2D eigenvalue weighted by atomic mass is 32.1. The van der Waals surface area contributed by atoms with Gasteiger partial charge in [-0.25, -0.2) is 0 Å². The minimum atomic E-state index is -1.80. The van der Waals surface area contributed by atoms with E-state index in [2.05, 4.69) is 0 Å². The topological polar surface area (TPSA) is 66.4 Å². The Hall–Kier alpha value is -4.05. The van der Waals surface area contributed by atoms with Gasteiger partial charge in [-0.1, -0.05) is 164 Å². The Morgan fingerprint density at radius 3 is 0.918 bits per heavy atom. The smallest absolute Gasteiger partial charge is 0.150 e. The highest BCUT2D eigenvalue weighted by molar-refractivity contribution is 7.79. The van der Waals surface area contributed by atoms with Gasteiger partial charge in [0.2, 0.25) is 0 Å². The van der Waals surface area contributed by atoms with E-state index in [1.54, 1.807) is 0 Å². The van der Waals surface area contributed by atoms with Gasteiger partial charge in [0.15, 0.2) is 5.60 Å². The molecule has 1 aliphatic rings. The van der Waals surface area contributed by atoms with Crippen molar-refractivity contribution in [2.45, 2.75) is 69.2 Å². The maximum atomic E-state index is 12.8. The van der Waals surface area contributed by atoms with Crippen molar-refractivity contribution >= 4 is 17.6 Å². The number of benzene rings is 5. The van der Waals surface area contributed by atoms with Crippen molar-refractivity contribution in [3.8, 4) is 0 Å². The Labute approximate surface area is 294 Å². The maximum absolute atomic E-state index is 12.8. The Balaban J connectivity index is 1.41. The predicted molar refractivity (Wildman–Crippen MR) is 194 cm³/mol. The van der Waals surface area contributed by atoms with E-state index in [1.165, 1.54) is 5.37 Å². The summed E-state index contributed by atoms with van der Waals surface area (Å²) in [6, 6.07) is 49.5. The summed E-state index contributed by atoms with van der Waals surface area (Å²) in [5, 5.41) is 14.1. The first-order valence-corrected chi connectivity index (χ1v) is 17.1. The van der Waals surface area contributed by atoms with Crippen LogP contribution in [0.15, 0.2) is 152 Å². The average Bonchev–Trinajstić information content (AvgIpc) is 3.17. The third-order valence-electron chi connectivity index (χ3n) is 8.75. The van der Waals surface area contributed by atoms with Gasteiger partial charge in [0.05, 0.1) is 33.0 Å². The lowest BCUT2D eigenvalue weighted by Gasteiger charge is -2.53. The molecule has 252 valence electrons. The molecule has 7 heteroatoms. The summed E-state index contributed by atoms with van der Waals surface area (Å²) < 4.78 is 33.6. The van der Waals surface area contributed by atoms with Crippen LogP contribution < -0.4 is 0 Å². The molecule has 4 atom stereocenters. The summed E-state index contributed by atoms with van der Waals surface area (Å²) in [5.41, 5.74) is 3.03. The van der Waals surface area contributed by atoms with Gasteiger partial charge in [0, 0.05) is 5.37 Å². The second-order valence-electron chi connectivity index (χ2n) is 12.2. The Morgan fingerprint density at radius 2 is 0.653 bits per heavy atom. The average molecular weight is 675 g/mol. The number of hydrogen-bond donors (Lipinski definition) is 1. The molecule has 0 bridgehead atoms. The zero-order valence-electron chi connectivity index (χ0n) is 27.3. The van der Waals surface area contributed by atoms with Gasteiger partial charge in [-0.2, -0.15) is 0 Å². The van der Waals surface area contributed by atoms with Gasteiger partial charge < -0.3 is 28.8 Å². The summed E-state index contributed by atoms with van der Waals surface area (Å²) >= 11 is 5.66. The monoisotopic (exact) mass is 674 g/mol. The fraction of sp³-hybridized carbons (Fsp3) is 0.262. The third kappa shape index (κ3) is 9.15. The standard InChI is InChI=1S/C42H42O6S/c43-42(31-49)40(47-29-35-22-12-4-13-23-35)38(45-27-33-18-8-2-9-19-33)37(44-26-32-16-6-1-7-17-32)39(46-28-34-20-10-3-11-21-34)41(42)48-30-36-24-14-5-15-25-36/h1-25,31,37-41,43H,26-30H2. The van der Waals surface area contributed by atoms with Crippen molar-refractivity contribution in [1.29, 1.82) is 0 Å². The second-order valence-corrected chi connectivity index (χ2v) is 12.5. The van der Waals surface area contributed by atoms with Crippen LogP contribution in [-0.2, 0) is 56.7 Å². The summed E-state index contributed by atoms with van der Waals surface area (Å²) in [7, 11) is 0. The number of aliphatic hydroxyl groups is 1. The van der Waals surface area contributed by atoms with Gasteiger partial charge in [-0.15, -0.1) is 0 Å². The van der Waals surface area contributed by atoms with Crippen LogP contribution in [0.5, 0.6) is 0 Å². The van der Waals surface area contributed by atoms with Crippen molar-refractivity contribution in [3.63, 3.8) is 0 Å². The predicted octanol–water partition coefficient (Wildman–Crippen LogP) is 7.66. The van der Waals surface area contributed by atoms with Crippen LogP contribution >= 0.6 is 12.2 Å². The van der Waals surface area contributed by atoms with Crippen LogP contribution in [0, 0.1) is 0 Å². The van der Waals surface area contributed by atoms with Crippen LogP contribution in [0.25, 0.3) is 0 Å². The van der Waals surface area contributed by atoms with E-state index in [1.807, 2.05) is 152 Å². The molecule has 6 rings (SSSR count). The Kier molecular flexibility index (Phi) is 12.5. The lowest BCUT2D eigenvalue weighted by atomic mass is 9.75. The Bertz CT molecular complexity index is 1570. The minimum absolute atomic E-state index is 0.217. The summed E-state index contributed by atoms with van der Waals surface area (Å²) in [4.78, 5) is 0. The van der Waals surface area contributed by atoms with E-state index in [-0.39, 0.29) is 33.0 Å². The van der Waals surface area contributed by atoms with Crippen molar-refractivity contribution < 1.29 is 28.8 Å². The van der Waals surface area contributed by atoms with E-state index < -0.39 is 36.1 Å². The quantitative estimate of drug-likeness (QED) is 0.108. The van der Waals surface area contributed by atoms with E-state index in [9.17, 15) is 5.11 Å². The number of hydrogen-bond acceptors (Lipinski definition) is 7. The molecule has 0 spiro atoms. The fourth-order valence-electron chi connectivity index (χ4n) is 6.19. The van der Waals surface area contributed by atoms with E-state index in [0.717, 1.165) is 27.8 Å². The molecular formula is C42H42O6S. The lowest BCUT2D eigenvalue weighted by molar-refractivity contribution is -0.297. The zero-order valence-corrected chi connectivity index (χ0v) is 28.1. The molecule has 4 unspecified atom stereocenters. The molecule has 1 fully saturated rings. The molecule has 0 saturated heterocycles. The van der Waals surface area contributed by atoms with Crippen molar-refractivity contribution in [2.24, 2.45) is 0 Å². The van der Waals surface area contributed by atoms with Crippen molar-refractivity contribution in [3.05, 3.63) is 179 Å². The molecule has 0 aromatic heterocycles. The number of rotatable bonds is 16. The van der Waals surface area contributed by atoms with Gasteiger partial charge in [0.1, 0.15) is 30.5 Å². The Morgan fingerprint density at radius 1 is 0.408 bits per heavy atom. The molecule has 6 nitrogen and oxygen atoms in total. The van der Waals surface area contributed by atoms with Crippen LogP contribution in [0.4, 0.5) is 0 Å². The molecule has 1 saturated carbocycles. The zero-order chi connectivity index (χ0) is 33.7. The van der Waals surface area contributed by atoms with Gasteiger partial charge in [0.25, 0.3) is 0 Å². The molecule has 0 heterocycles. The third-order valence-corrected chi connectivity index (χ3v) is 9.12. The van der Waals surface area contributed by atoms with Crippen molar-refractivity contribution in [1.82, 2.24) is 0 Å². The normalized spacial score (nSPS) is 23.6. The summed E-state index contributed by atoms with van der Waals surface area (Å²) in [6.07, 6.45) is -4.24. The molecule has 0 radical (unpaired) electrons. The summed E-state index contributed by atoms with van der Waals surface area (Å²) in [6.45, 7) is 1.24. The molecule has 5 aromatic rings. The first kappa shape index (κ1) is 34.8. The minimum Gasteiger partial charge on any atom is -0.379 e. The molecule has 1 aliphatic carbocycles. The first-order valence-electron chi connectivity index (χ1n) is 16.6.